The highest BCUT2D eigenvalue weighted by molar-refractivity contribution is 8.00. The molecule has 1 aromatic heterocycles. The second-order valence-electron chi connectivity index (χ2n) is 14.5. The molecule has 4 aromatic carbocycles. The first kappa shape index (κ1) is 42.8. The van der Waals surface area contributed by atoms with E-state index in [1.165, 1.54) is 60.5 Å². The van der Waals surface area contributed by atoms with E-state index in [0.717, 1.165) is 4.88 Å². The molecule has 0 bridgehead atoms. The van der Waals surface area contributed by atoms with Gasteiger partial charge in [0.15, 0.2) is 0 Å². The van der Waals surface area contributed by atoms with Crippen LogP contribution in [0.1, 0.15) is 68.3 Å². The maximum atomic E-state index is 14.3. The maximum Gasteiger partial charge on any atom is 0.410 e. The second kappa shape index (κ2) is 18.9. The highest BCUT2D eigenvalue weighted by Gasteiger charge is 2.34. The van der Waals surface area contributed by atoms with Gasteiger partial charge in [-0.2, -0.15) is 0 Å². The molecule has 0 aliphatic carbocycles. The Labute approximate surface area is 354 Å². The number of nitrogens with zero attached hydrogens (tertiary/aromatic N) is 2. The third-order valence-electron chi connectivity index (χ3n) is 8.96. The van der Waals surface area contributed by atoms with Crippen LogP contribution in [0.15, 0.2) is 120 Å². The molecule has 60 heavy (non-hydrogen) atoms. The van der Waals surface area contributed by atoms with Gasteiger partial charge in [0.05, 0.1) is 24.1 Å². The van der Waals surface area contributed by atoms with Crippen LogP contribution in [-0.4, -0.2) is 58.9 Å². The number of anilines is 2. The van der Waals surface area contributed by atoms with Crippen LogP contribution in [0.3, 0.4) is 0 Å². The number of thioether (sulfide) groups is 1. The lowest BCUT2D eigenvalue weighted by Gasteiger charge is -2.30. The normalized spacial score (nSPS) is 13.0. The number of carbonyl (C=O) groups excluding carboxylic acids is 5. The lowest BCUT2D eigenvalue weighted by atomic mass is 10.0. The Morgan fingerprint density at radius 1 is 0.900 bits per heavy atom. The molecular weight excluding hydrogens is 807 g/mol. The average Bonchev–Trinajstić information content (AvgIpc) is 3.59. The van der Waals surface area contributed by atoms with Crippen molar-refractivity contribution in [2.75, 3.05) is 24.3 Å². The number of esters is 1. The SMILES string of the molecule is COC(=O)c1c(NC(=O)C(Sc2cccc(NC(=O)/C(=C\c3ccc([N+](=O)[O-])cc3)NC(=O)c3ccccc3)c2)c2ccccc2)sc2c1CCN(C(=O)OC(C)(C)C)C2. The quantitative estimate of drug-likeness (QED) is 0.0361. The molecule has 1 aliphatic heterocycles. The van der Waals surface area contributed by atoms with Gasteiger partial charge in [-0.25, -0.2) is 9.59 Å². The summed E-state index contributed by atoms with van der Waals surface area (Å²) in [6, 6.07) is 29.7. The van der Waals surface area contributed by atoms with E-state index < -0.39 is 45.6 Å². The summed E-state index contributed by atoms with van der Waals surface area (Å²) in [5.74, 6) is -2.24. The molecule has 0 saturated heterocycles. The van der Waals surface area contributed by atoms with Gasteiger partial charge in [-0.05, 0) is 92.4 Å². The number of ether oxygens (including phenoxy) is 2. The molecule has 16 heteroatoms. The molecule has 5 aromatic rings. The molecule has 0 spiro atoms. The number of benzene rings is 4. The van der Waals surface area contributed by atoms with Crippen molar-refractivity contribution in [2.45, 2.75) is 49.5 Å². The summed E-state index contributed by atoms with van der Waals surface area (Å²) in [5, 5.41) is 19.1. The summed E-state index contributed by atoms with van der Waals surface area (Å²) in [6.45, 7) is 5.88. The molecule has 1 atom stereocenters. The van der Waals surface area contributed by atoms with Crippen molar-refractivity contribution < 1.29 is 38.4 Å². The highest BCUT2D eigenvalue weighted by atomic mass is 32.2. The third kappa shape index (κ3) is 10.8. The van der Waals surface area contributed by atoms with Crippen molar-refractivity contribution in [2.24, 2.45) is 0 Å². The molecule has 0 saturated carbocycles. The van der Waals surface area contributed by atoms with Crippen LogP contribution in [0, 0.1) is 10.1 Å². The van der Waals surface area contributed by atoms with Gasteiger partial charge in [0.25, 0.3) is 17.5 Å². The van der Waals surface area contributed by atoms with Crippen LogP contribution in [-0.2, 0) is 32.0 Å². The molecule has 0 radical (unpaired) electrons. The molecule has 14 nitrogen and oxygen atoms in total. The van der Waals surface area contributed by atoms with Crippen LogP contribution >= 0.6 is 23.1 Å². The number of fused-ring (bicyclic) bond motifs is 1. The number of rotatable bonds is 12. The Morgan fingerprint density at radius 2 is 1.58 bits per heavy atom. The monoisotopic (exact) mass is 847 g/mol. The van der Waals surface area contributed by atoms with Crippen molar-refractivity contribution in [3.8, 4) is 0 Å². The summed E-state index contributed by atoms with van der Waals surface area (Å²) in [6.07, 6.45) is 1.30. The average molecular weight is 848 g/mol. The fourth-order valence-electron chi connectivity index (χ4n) is 6.15. The predicted molar refractivity (Wildman–Crippen MR) is 230 cm³/mol. The topological polar surface area (TPSA) is 186 Å². The summed E-state index contributed by atoms with van der Waals surface area (Å²) in [7, 11) is 1.27. The number of nitro benzene ring substituents is 1. The van der Waals surface area contributed by atoms with Gasteiger partial charge in [-0.15, -0.1) is 23.1 Å². The van der Waals surface area contributed by atoms with Gasteiger partial charge in [0.1, 0.15) is 21.5 Å². The Kier molecular flexibility index (Phi) is 13.5. The molecule has 1 aliphatic rings. The Morgan fingerprint density at radius 3 is 2.23 bits per heavy atom. The number of methoxy groups -OCH3 is 1. The highest BCUT2D eigenvalue weighted by Crippen LogP contribution is 2.41. The number of carbonyl (C=O) groups is 5. The van der Waals surface area contributed by atoms with Crippen LogP contribution in [0.2, 0.25) is 0 Å². The first-order valence-electron chi connectivity index (χ1n) is 18.7. The minimum Gasteiger partial charge on any atom is -0.465 e. The van der Waals surface area contributed by atoms with Gasteiger partial charge < -0.3 is 30.3 Å². The molecule has 308 valence electrons. The number of amides is 4. The van der Waals surface area contributed by atoms with E-state index in [2.05, 4.69) is 16.0 Å². The molecule has 6 rings (SSSR count). The maximum absolute atomic E-state index is 14.3. The van der Waals surface area contributed by atoms with Crippen molar-refractivity contribution in [1.29, 1.82) is 0 Å². The molecule has 3 N–H and O–H groups in total. The third-order valence-corrected chi connectivity index (χ3v) is 11.3. The number of nitrogens with one attached hydrogen (secondary N) is 3. The molecule has 4 amide bonds. The minimum atomic E-state index is -0.831. The molecular formula is C44H41N5O9S2. The van der Waals surface area contributed by atoms with E-state index in [1.54, 1.807) is 80.3 Å². The van der Waals surface area contributed by atoms with Crippen LogP contribution in [0.4, 0.5) is 21.2 Å². The Hall–Kier alpha value is -6.78. The summed E-state index contributed by atoms with van der Waals surface area (Å²) in [4.78, 5) is 80.9. The van der Waals surface area contributed by atoms with Crippen molar-refractivity contribution in [1.82, 2.24) is 10.2 Å². The van der Waals surface area contributed by atoms with Gasteiger partial charge in [0.2, 0.25) is 5.91 Å². The van der Waals surface area contributed by atoms with E-state index >= 15 is 0 Å². The van der Waals surface area contributed by atoms with E-state index in [-0.39, 0.29) is 23.5 Å². The molecule has 0 fully saturated rings. The molecule has 1 unspecified atom stereocenters. The van der Waals surface area contributed by atoms with Crippen molar-refractivity contribution in [3.05, 3.63) is 158 Å². The van der Waals surface area contributed by atoms with Gasteiger partial charge >= 0.3 is 12.1 Å². The minimum absolute atomic E-state index is 0.119. The Bertz CT molecular complexity index is 2450. The van der Waals surface area contributed by atoms with Gasteiger partial charge in [-0.1, -0.05) is 54.6 Å². The first-order chi connectivity index (χ1) is 28.7. The summed E-state index contributed by atoms with van der Waals surface area (Å²) in [5.41, 5.74) is 1.78. The van der Waals surface area contributed by atoms with E-state index in [0.29, 0.717) is 50.8 Å². The number of thiophene rings is 1. The van der Waals surface area contributed by atoms with Crippen LogP contribution in [0.25, 0.3) is 6.08 Å². The zero-order valence-corrected chi connectivity index (χ0v) is 34.7. The van der Waals surface area contributed by atoms with E-state index in [4.69, 9.17) is 9.47 Å². The van der Waals surface area contributed by atoms with Crippen molar-refractivity contribution >= 4 is 75.3 Å². The lowest BCUT2D eigenvalue weighted by molar-refractivity contribution is -0.384. The van der Waals surface area contributed by atoms with Gasteiger partial charge in [0, 0.05) is 39.7 Å². The van der Waals surface area contributed by atoms with Crippen LogP contribution in [0.5, 0.6) is 0 Å². The number of hydrogen-bond acceptors (Lipinski definition) is 11. The second-order valence-corrected chi connectivity index (χ2v) is 16.7. The number of hydrogen-bond donors (Lipinski definition) is 3. The van der Waals surface area contributed by atoms with Crippen molar-refractivity contribution in [3.63, 3.8) is 0 Å². The largest absolute Gasteiger partial charge is 0.465 e. The molecule has 2 heterocycles. The zero-order chi connectivity index (χ0) is 43.0. The smallest absolute Gasteiger partial charge is 0.410 e. The fraction of sp³-hybridized carbons (Fsp3) is 0.205. The van der Waals surface area contributed by atoms with Crippen LogP contribution < -0.4 is 16.0 Å². The summed E-state index contributed by atoms with van der Waals surface area (Å²) >= 11 is 2.42. The van der Waals surface area contributed by atoms with E-state index in [1.807, 2.05) is 30.3 Å². The Balaban J connectivity index is 1.24. The number of non-ortho nitro benzene ring substituents is 1. The fourth-order valence-corrected chi connectivity index (χ4v) is 8.49. The predicted octanol–water partition coefficient (Wildman–Crippen LogP) is 8.62. The first-order valence-corrected chi connectivity index (χ1v) is 20.4. The number of nitro groups is 1. The summed E-state index contributed by atoms with van der Waals surface area (Å²) < 4.78 is 10.7. The van der Waals surface area contributed by atoms with E-state index in [9.17, 15) is 34.1 Å². The lowest BCUT2D eigenvalue weighted by Crippen LogP contribution is -2.39. The standard InChI is InChI=1S/C44H41N5O9S2/c1-44(2,3)58-43(54)48-23-22-33-35(26-48)60-41(36(33)42(53)57-4)47-40(52)37(28-12-7-5-8-13-28)59-32-17-11-16-30(25-32)45-39(51)34(46-38(50)29-14-9-6-10-15-29)24-27-18-20-31(21-19-27)49(55)56/h5-21,24-25,37H,22-23,26H2,1-4H3,(H,45,51)(H,46,50)(H,47,52)/b34-24+. The van der Waals surface area contributed by atoms with Gasteiger partial charge in [-0.3, -0.25) is 24.5 Å². The zero-order valence-electron chi connectivity index (χ0n) is 33.1.